The van der Waals surface area contributed by atoms with E-state index in [1.807, 2.05) is 36.4 Å². The van der Waals surface area contributed by atoms with Gasteiger partial charge in [0.1, 0.15) is 6.04 Å². The number of hydrogen-bond acceptors (Lipinski definition) is 3. The maximum atomic E-state index is 13.3. The molecule has 27 heavy (non-hydrogen) atoms. The summed E-state index contributed by atoms with van der Waals surface area (Å²) in [5, 5.41) is 0. The van der Waals surface area contributed by atoms with Crippen molar-refractivity contribution in [3.63, 3.8) is 0 Å². The van der Waals surface area contributed by atoms with Crippen LogP contribution in [-0.4, -0.2) is 40.1 Å². The fraction of sp³-hybridized carbons (Fsp3) is 0.227. The van der Waals surface area contributed by atoms with E-state index in [4.69, 9.17) is 0 Å². The Kier molecular flexibility index (Phi) is 4.59. The Bertz CT molecular complexity index is 885. The second-order valence-electron chi connectivity index (χ2n) is 6.79. The number of carbonyl (C=O) groups is 3. The third-order valence-corrected chi connectivity index (χ3v) is 5.03. The van der Waals surface area contributed by atoms with Gasteiger partial charge >= 0.3 is 0 Å². The largest absolute Gasteiger partial charge is 0.318 e. The second kappa shape index (κ2) is 7.19. The lowest BCUT2D eigenvalue weighted by Gasteiger charge is -2.31. The van der Waals surface area contributed by atoms with Gasteiger partial charge in [-0.05, 0) is 30.5 Å². The van der Waals surface area contributed by atoms with Crippen LogP contribution in [0.15, 0.2) is 66.9 Å². The maximum Gasteiger partial charge on any atom is 0.262 e. The average molecular weight is 360 g/mol. The van der Waals surface area contributed by atoms with Crippen molar-refractivity contribution < 1.29 is 14.4 Å². The van der Waals surface area contributed by atoms with Gasteiger partial charge in [0.15, 0.2) is 0 Å². The Morgan fingerprint density at radius 1 is 0.926 bits per heavy atom. The maximum absolute atomic E-state index is 13.3. The molecule has 2 aromatic carbocycles. The SMILES string of the molecule is O=C([C@H](Cc1ccccc1)N1C(=O)c2ccccc2C1=O)N1C=CCCC1. The van der Waals surface area contributed by atoms with Gasteiger partial charge in [-0.2, -0.15) is 0 Å². The third kappa shape index (κ3) is 3.16. The molecule has 0 radical (unpaired) electrons. The van der Waals surface area contributed by atoms with E-state index in [-0.39, 0.29) is 5.91 Å². The summed E-state index contributed by atoms with van der Waals surface area (Å²) in [6.45, 7) is 0.601. The molecule has 4 rings (SSSR count). The molecule has 5 heteroatoms. The molecule has 0 spiro atoms. The zero-order chi connectivity index (χ0) is 18.8. The lowest BCUT2D eigenvalue weighted by Crippen LogP contribution is -2.51. The topological polar surface area (TPSA) is 57.7 Å². The van der Waals surface area contributed by atoms with Crippen LogP contribution in [0.3, 0.4) is 0 Å². The number of benzene rings is 2. The molecule has 2 aromatic rings. The Hall–Kier alpha value is -3.21. The highest BCUT2D eigenvalue weighted by molar-refractivity contribution is 6.22. The molecule has 0 N–H and O–H groups in total. The van der Waals surface area contributed by atoms with Crippen molar-refractivity contribution in [1.29, 1.82) is 0 Å². The van der Waals surface area contributed by atoms with Gasteiger partial charge in [0.05, 0.1) is 11.1 Å². The van der Waals surface area contributed by atoms with Crippen molar-refractivity contribution in [3.05, 3.63) is 83.6 Å². The van der Waals surface area contributed by atoms with Crippen LogP contribution in [0.2, 0.25) is 0 Å². The summed E-state index contributed by atoms with van der Waals surface area (Å²) in [7, 11) is 0. The highest BCUT2D eigenvalue weighted by Gasteiger charge is 2.43. The Morgan fingerprint density at radius 3 is 2.15 bits per heavy atom. The standard InChI is InChI=1S/C22H20N2O3/c25-20-17-11-5-6-12-18(17)21(26)24(20)19(15-16-9-3-1-4-10-16)22(27)23-13-7-2-8-14-23/h1,3-7,9-13,19H,2,8,14-15H2/t19-/m0/s1. The molecule has 0 aliphatic carbocycles. The Morgan fingerprint density at radius 2 is 1.56 bits per heavy atom. The molecule has 136 valence electrons. The summed E-state index contributed by atoms with van der Waals surface area (Å²) in [6, 6.07) is 15.4. The van der Waals surface area contributed by atoms with E-state index in [2.05, 4.69) is 0 Å². The lowest BCUT2D eigenvalue weighted by molar-refractivity contribution is -0.133. The van der Waals surface area contributed by atoms with Gasteiger partial charge in [-0.1, -0.05) is 48.5 Å². The quantitative estimate of drug-likeness (QED) is 0.788. The molecule has 2 aliphatic heterocycles. The molecule has 2 heterocycles. The smallest absolute Gasteiger partial charge is 0.262 e. The van der Waals surface area contributed by atoms with Crippen LogP contribution in [0.1, 0.15) is 39.1 Å². The highest BCUT2D eigenvalue weighted by Crippen LogP contribution is 2.27. The number of rotatable bonds is 4. The highest BCUT2D eigenvalue weighted by atomic mass is 16.2. The van der Waals surface area contributed by atoms with Crippen molar-refractivity contribution in [3.8, 4) is 0 Å². The molecule has 2 aliphatic rings. The molecule has 0 unspecified atom stereocenters. The van der Waals surface area contributed by atoms with E-state index in [0.717, 1.165) is 23.3 Å². The van der Waals surface area contributed by atoms with Crippen LogP contribution in [-0.2, 0) is 11.2 Å². The van der Waals surface area contributed by atoms with Gasteiger partial charge in [0, 0.05) is 19.2 Å². The summed E-state index contributed by atoms with van der Waals surface area (Å²) in [6.07, 6.45) is 5.82. The van der Waals surface area contributed by atoms with E-state index in [1.54, 1.807) is 35.4 Å². The van der Waals surface area contributed by atoms with Gasteiger partial charge < -0.3 is 4.90 Å². The van der Waals surface area contributed by atoms with Gasteiger partial charge in [-0.15, -0.1) is 0 Å². The zero-order valence-electron chi connectivity index (χ0n) is 14.9. The van der Waals surface area contributed by atoms with E-state index in [9.17, 15) is 14.4 Å². The third-order valence-electron chi connectivity index (χ3n) is 5.03. The van der Waals surface area contributed by atoms with Crippen LogP contribution < -0.4 is 0 Å². The predicted octanol–water partition coefficient (Wildman–Crippen LogP) is 3.03. The van der Waals surface area contributed by atoms with Crippen LogP contribution in [0.25, 0.3) is 0 Å². The molecule has 0 bridgehead atoms. The zero-order valence-corrected chi connectivity index (χ0v) is 14.9. The summed E-state index contributed by atoms with van der Waals surface area (Å²) in [4.78, 5) is 41.9. The first-order valence-corrected chi connectivity index (χ1v) is 9.15. The van der Waals surface area contributed by atoms with Crippen LogP contribution >= 0.6 is 0 Å². The fourth-order valence-electron chi connectivity index (χ4n) is 3.65. The van der Waals surface area contributed by atoms with Crippen molar-refractivity contribution in [2.75, 3.05) is 6.54 Å². The summed E-state index contributed by atoms with van der Waals surface area (Å²) >= 11 is 0. The van der Waals surface area contributed by atoms with Crippen molar-refractivity contribution in [1.82, 2.24) is 9.80 Å². The number of fused-ring (bicyclic) bond motifs is 1. The molecule has 1 atom stereocenters. The lowest BCUT2D eigenvalue weighted by atomic mass is 10.0. The van der Waals surface area contributed by atoms with E-state index in [1.165, 1.54) is 0 Å². The van der Waals surface area contributed by atoms with E-state index < -0.39 is 17.9 Å². The van der Waals surface area contributed by atoms with Crippen LogP contribution in [0, 0.1) is 0 Å². The normalized spacial score (nSPS) is 17.2. The van der Waals surface area contributed by atoms with Crippen LogP contribution in [0.5, 0.6) is 0 Å². The summed E-state index contributed by atoms with van der Waals surface area (Å²) in [5.74, 6) is -1.01. The number of hydrogen-bond donors (Lipinski definition) is 0. The number of nitrogens with zero attached hydrogens (tertiary/aromatic N) is 2. The number of amides is 3. The first-order valence-electron chi connectivity index (χ1n) is 9.15. The second-order valence-corrected chi connectivity index (χ2v) is 6.79. The Labute approximate surface area is 157 Å². The van der Waals surface area contributed by atoms with E-state index >= 15 is 0 Å². The average Bonchev–Trinajstić information content (AvgIpc) is 2.98. The molecule has 0 saturated heterocycles. The summed E-state index contributed by atoms with van der Waals surface area (Å²) < 4.78 is 0. The minimum absolute atomic E-state index is 0.218. The molecular formula is C22H20N2O3. The minimum atomic E-state index is -0.859. The molecule has 0 fully saturated rings. The number of imide groups is 1. The monoisotopic (exact) mass is 360 g/mol. The molecule has 0 saturated carbocycles. The number of carbonyl (C=O) groups excluding carboxylic acids is 3. The number of allylic oxidation sites excluding steroid dienone is 1. The predicted molar refractivity (Wildman–Crippen MR) is 101 cm³/mol. The van der Waals surface area contributed by atoms with Gasteiger partial charge in [0.25, 0.3) is 11.8 Å². The Balaban J connectivity index is 1.71. The molecule has 3 amide bonds. The van der Waals surface area contributed by atoms with Gasteiger partial charge in [-0.3, -0.25) is 19.3 Å². The summed E-state index contributed by atoms with van der Waals surface area (Å²) in [5.41, 5.74) is 1.64. The van der Waals surface area contributed by atoms with Gasteiger partial charge in [0.2, 0.25) is 5.91 Å². The van der Waals surface area contributed by atoms with Gasteiger partial charge in [-0.25, -0.2) is 0 Å². The molecule has 5 nitrogen and oxygen atoms in total. The molecule has 0 aromatic heterocycles. The van der Waals surface area contributed by atoms with Crippen molar-refractivity contribution >= 4 is 17.7 Å². The van der Waals surface area contributed by atoms with E-state index in [0.29, 0.717) is 24.1 Å². The van der Waals surface area contributed by atoms with Crippen molar-refractivity contribution in [2.24, 2.45) is 0 Å². The van der Waals surface area contributed by atoms with Crippen LogP contribution in [0.4, 0.5) is 0 Å². The minimum Gasteiger partial charge on any atom is -0.318 e. The first-order chi connectivity index (χ1) is 13.2. The van der Waals surface area contributed by atoms with Crippen molar-refractivity contribution in [2.45, 2.75) is 25.3 Å². The fourth-order valence-corrected chi connectivity index (χ4v) is 3.65. The first kappa shape index (κ1) is 17.2. The molecular weight excluding hydrogens is 340 g/mol.